The van der Waals surface area contributed by atoms with Gasteiger partial charge in [-0.1, -0.05) is 139 Å². The number of para-hydroxylation sites is 1. The molecule has 0 fully saturated rings. The topological polar surface area (TPSA) is 65.1 Å². The fourth-order valence-electron chi connectivity index (χ4n) is 7.98. The molecular weight excluding hydrogens is 725 g/mol. The van der Waals surface area contributed by atoms with Gasteiger partial charge in [0.05, 0.1) is 17.9 Å². The highest BCUT2D eigenvalue weighted by atomic mass is 16.5. The number of aryl methyl sites for hydroxylation is 1. The Morgan fingerprint density at radius 3 is 2.02 bits per heavy atom. The molecule has 0 spiro atoms. The number of hydrogen-bond donors (Lipinski definition) is 1. The van der Waals surface area contributed by atoms with E-state index in [1.54, 1.807) is 12.5 Å². The molecule has 10 rings (SSSR count). The standard InChI is InChI=1S/C53H40N4O2/c1-35-30-50(55-33-46(35)38-20-10-5-11-21-38)57-48-27-13-12-24-44(48)45-29-28-41(32-49(45)57)59-40-23-14-22-39(31-40)47-34-58-53(56-47)52(54-2)51-42(36-16-6-3-7-17-36)25-15-26-43(51)37-18-8-4-9-19-37/h3-34,52,54H,1-2H3/i5D,10D,11D,20D,21D. The minimum absolute atomic E-state index is 0.122. The van der Waals surface area contributed by atoms with Gasteiger partial charge >= 0.3 is 0 Å². The van der Waals surface area contributed by atoms with E-state index in [1.165, 1.54) is 0 Å². The first kappa shape index (κ1) is 30.6. The SMILES string of the molecule is [2H]c1c([2H])c([2H])c(-c2cnc(-n3c4ccccc4c4ccc(Oc5cccc(-c6coc(C(NC)c7c(-c8ccccc8)cccc7-c7ccccc7)n6)c5)cc43)cc2C)c([2H])c1[2H]. The van der Waals surface area contributed by atoms with Crippen LogP contribution in [0.4, 0.5) is 0 Å². The molecule has 3 heterocycles. The Hall–Kier alpha value is -7.54. The van der Waals surface area contributed by atoms with E-state index in [4.69, 9.17) is 26.0 Å². The smallest absolute Gasteiger partial charge is 0.216 e. The summed E-state index contributed by atoms with van der Waals surface area (Å²) in [6.07, 6.45) is 3.28. The lowest BCUT2D eigenvalue weighted by atomic mass is 9.87. The summed E-state index contributed by atoms with van der Waals surface area (Å²) in [5.41, 5.74) is 10.0. The minimum atomic E-state index is -0.430. The Labute approximate surface area is 350 Å². The zero-order chi connectivity index (χ0) is 44.1. The van der Waals surface area contributed by atoms with Crippen molar-refractivity contribution in [3.8, 4) is 62.0 Å². The van der Waals surface area contributed by atoms with Gasteiger partial charge in [0.15, 0.2) is 0 Å². The Bertz CT molecular complexity index is 3300. The molecule has 0 saturated heterocycles. The van der Waals surface area contributed by atoms with Gasteiger partial charge in [0, 0.05) is 34.2 Å². The average molecular weight is 770 g/mol. The van der Waals surface area contributed by atoms with Crippen LogP contribution in [0.2, 0.25) is 0 Å². The summed E-state index contributed by atoms with van der Waals surface area (Å²) < 4.78 is 56.5. The number of rotatable bonds is 10. The van der Waals surface area contributed by atoms with Crippen LogP contribution in [0.25, 0.3) is 72.3 Å². The highest BCUT2D eigenvalue weighted by Gasteiger charge is 2.26. The monoisotopic (exact) mass is 769 g/mol. The fraction of sp³-hybridized carbons (Fsp3) is 0.0566. The number of aromatic nitrogens is 3. The van der Waals surface area contributed by atoms with Gasteiger partial charge in [-0.25, -0.2) is 9.97 Å². The average Bonchev–Trinajstić information content (AvgIpc) is 3.95. The molecule has 3 aromatic heterocycles. The molecule has 1 unspecified atom stereocenters. The molecule has 7 aromatic carbocycles. The van der Waals surface area contributed by atoms with E-state index in [9.17, 15) is 0 Å². The van der Waals surface area contributed by atoms with E-state index in [1.807, 2.05) is 117 Å². The Balaban J connectivity index is 0.990. The van der Waals surface area contributed by atoms with Crippen LogP contribution in [0.5, 0.6) is 11.5 Å². The van der Waals surface area contributed by atoms with Crippen molar-refractivity contribution in [3.05, 3.63) is 211 Å². The van der Waals surface area contributed by atoms with Gasteiger partial charge in [-0.05, 0) is 89.3 Å². The molecule has 0 radical (unpaired) electrons. The van der Waals surface area contributed by atoms with Crippen molar-refractivity contribution >= 4 is 21.8 Å². The summed E-state index contributed by atoms with van der Waals surface area (Å²) >= 11 is 0. The molecule has 0 bridgehead atoms. The third-order valence-corrected chi connectivity index (χ3v) is 10.7. The Morgan fingerprint density at radius 1 is 0.627 bits per heavy atom. The van der Waals surface area contributed by atoms with Crippen molar-refractivity contribution in [1.29, 1.82) is 0 Å². The van der Waals surface area contributed by atoms with Crippen molar-refractivity contribution in [2.45, 2.75) is 13.0 Å². The first-order chi connectivity index (χ1) is 31.2. The first-order valence-electron chi connectivity index (χ1n) is 21.9. The van der Waals surface area contributed by atoms with Gasteiger partial charge in [0.1, 0.15) is 35.3 Å². The van der Waals surface area contributed by atoms with E-state index in [-0.39, 0.29) is 35.8 Å². The van der Waals surface area contributed by atoms with Crippen LogP contribution < -0.4 is 10.1 Å². The van der Waals surface area contributed by atoms with Crippen LogP contribution >= 0.6 is 0 Å². The largest absolute Gasteiger partial charge is 0.457 e. The van der Waals surface area contributed by atoms with Gasteiger partial charge in [0.2, 0.25) is 5.89 Å². The summed E-state index contributed by atoms with van der Waals surface area (Å²) in [5, 5.41) is 5.54. The second kappa shape index (κ2) is 15.4. The summed E-state index contributed by atoms with van der Waals surface area (Å²) in [4.78, 5) is 9.90. The van der Waals surface area contributed by atoms with E-state index >= 15 is 0 Å². The molecule has 0 aliphatic carbocycles. The predicted octanol–water partition coefficient (Wildman–Crippen LogP) is 13.2. The second-order valence-electron chi connectivity index (χ2n) is 14.3. The maximum Gasteiger partial charge on any atom is 0.216 e. The predicted molar refractivity (Wildman–Crippen MR) is 239 cm³/mol. The number of benzene rings is 7. The van der Waals surface area contributed by atoms with Crippen molar-refractivity contribution in [1.82, 2.24) is 19.9 Å². The number of oxazole rings is 1. The van der Waals surface area contributed by atoms with Crippen molar-refractivity contribution < 1.29 is 16.0 Å². The summed E-state index contributed by atoms with van der Waals surface area (Å²) in [5.74, 6) is 2.38. The zero-order valence-electron chi connectivity index (χ0n) is 37.3. The summed E-state index contributed by atoms with van der Waals surface area (Å²) in [6, 6.07) is 48.7. The highest BCUT2D eigenvalue weighted by Crippen LogP contribution is 2.40. The van der Waals surface area contributed by atoms with Crippen molar-refractivity contribution in [3.63, 3.8) is 0 Å². The molecule has 1 atom stereocenters. The molecule has 0 aliphatic rings. The number of nitrogens with zero attached hydrogens (tertiary/aromatic N) is 3. The summed E-state index contributed by atoms with van der Waals surface area (Å²) in [6.45, 7) is 1.86. The highest BCUT2D eigenvalue weighted by molar-refractivity contribution is 6.09. The molecule has 6 heteroatoms. The molecule has 1 N–H and O–H groups in total. The van der Waals surface area contributed by atoms with Gasteiger partial charge < -0.3 is 14.5 Å². The van der Waals surface area contributed by atoms with Gasteiger partial charge in [0.25, 0.3) is 0 Å². The van der Waals surface area contributed by atoms with Crippen LogP contribution in [-0.2, 0) is 0 Å². The van der Waals surface area contributed by atoms with E-state index in [0.717, 1.165) is 55.2 Å². The van der Waals surface area contributed by atoms with E-state index in [0.29, 0.717) is 40.0 Å². The molecule has 0 saturated carbocycles. The molecule has 284 valence electrons. The number of hydrogen-bond acceptors (Lipinski definition) is 5. The molecule has 59 heavy (non-hydrogen) atoms. The molecule has 0 aliphatic heterocycles. The molecule has 0 amide bonds. The third-order valence-electron chi connectivity index (χ3n) is 10.7. The van der Waals surface area contributed by atoms with Gasteiger partial charge in [-0.15, -0.1) is 0 Å². The van der Waals surface area contributed by atoms with Crippen LogP contribution in [0.3, 0.4) is 0 Å². The maximum atomic E-state index is 8.55. The Morgan fingerprint density at radius 2 is 1.29 bits per heavy atom. The maximum absolute atomic E-state index is 8.55. The van der Waals surface area contributed by atoms with E-state index in [2.05, 4.69) is 58.4 Å². The molecule has 6 nitrogen and oxygen atoms in total. The summed E-state index contributed by atoms with van der Waals surface area (Å²) in [7, 11) is 1.92. The Kier molecular flexibility index (Phi) is 7.99. The number of ether oxygens (including phenoxy) is 1. The van der Waals surface area contributed by atoms with Crippen molar-refractivity contribution in [2.24, 2.45) is 0 Å². The lowest BCUT2D eigenvalue weighted by molar-refractivity contribution is 0.448. The molecular formula is C53H40N4O2. The van der Waals surface area contributed by atoms with Crippen molar-refractivity contribution in [2.75, 3.05) is 7.05 Å². The first-order valence-corrected chi connectivity index (χ1v) is 19.4. The number of nitrogens with one attached hydrogen (secondary N) is 1. The lowest BCUT2D eigenvalue weighted by Crippen LogP contribution is -2.20. The van der Waals surface area contributed by atoms with Gasteiger partial charge in [-0.2, -0.15) is 0 Å². The van der Waals surface area contributed by atoms with E-state index < -0.39 is 6.04 Å². The van der Waals surface area contributed by atoms with Crippen LogP contribution in [0, 0.1) is 6.92 Å². The number of fused-ring (bicyclic) bond motifs is 3. The normalized spacial score (nSPS) is 13.1. The zero-order valence-corrected chi connectivity index (χ0v) is 32.3. The van der Waals surface area contributed by atoms with Crippen LogP contribution in [-0.4, -0.2) is 21.6 Å². The third kappa shape index (κ3) is 6.75. The lowest BCUT2D eigenvalue weighted by Gasteiger charge is -2.22. The van der Waals surface area contributed by atoms with Crippen LogP contribution in [0.1, 0.15) is 29.9 Å². The van der Waals surface area contributed by atoms with Gasteiger partial charge in [-0.3, -0.25) is 4.57 Å². The number of pyridine rings is 1. The molecule has 10 aromatic rings. The quantitative estimate of drug-likeness (QED) is 0.150. The second-order valence-corrected chi connectivity index (χ2v) is 14.3. The fourth-order valence-corrected chi connectivity index (χ4v) is 7.98. The minimum Gasteiger partial charge on any atom is -0.457 e. The van der Waals surface area contributed by atoms with Crippen LogP contribution in [0.15, 0.2) is 199 Å².